The molecule has 0 aromatic rings. The van der Waals surface area contributed by atoms with Gasteiger partial charge in [-0.3, -0.25) is 4.79 Å². The van der Waals surface area contributed by atoms with Crippen LogP contribution < -0.4 is 11.1 Å². The van der Waals surface area contributed by atoms with E-state index in [2.05, 4.69) is 19.2 Å². The van der Waals surface area contributed by atoms with E-state index in [1.54, 1.807) is 0 Å². The second kappa shape index (κ2) is 3.95. The third-order valence-electron chi connectivity index (χ3n) is 4.53. The van der Waals surface area contributed by atoms with Crippen LogP contribution >= 0.6 is 0 Å². The van der Waals surface area contributed by atoms with E-state index in [0.717, 1.165) is 13.0 Å². The Kier molecular flexibility index (Phi) is 2.99. The van der Waals surface area contributed by atoms with Crippen LogP contribution in [0.4, 0.5) is 0 Å². The highest BCUT2D eigenvalue weighted by Crippen LogP contribution is 2.52. The fraction of sp³-hybridized carbons (Fsp3) is 0.923. The van der Waals surface area contributed by atoms with E-state index >= 15 is 0 Å². The Hall–Kier alpha value is -0.610. The molecule has 1 aliphatic carbocycles. The second-order valence-corrected chi connectivity index (χ2v) is 6.67. The quantitative estimate of drug-likeness (QED) is 0.767. The Bertz CT molecular complexity index is 325. The van der Waals surface area contributed by atoms with Gasteiger partial charge in [0.15, 0.2) is 0 Å². The molecule has 3 atom stereocenters. The summed E-state index contributed by atoms with van der Waals surface area (Å²) >= 11 is 0. The van der Waals surface area contributed by atoms with Crippen LogP contribution in [0.2, 0.25) is 0 Å². The minimum absolute atomic E-state index is 0.162. The van der Waals surface area contributed by atoms with Gasteiger partial charge in [-0.2, -0.15) is 0 Å². The fourth-order valence-electron chi connectivity index (χ4n) is 3.19. The highest BCUT2D eigenvalue weighted by Gasteiger charge is 2.59. The molecule has 1 aliphatic heterocycles. The molecular formula is C13H24N2O2. The first kappa shape index (κ1) is 12.8. The molecule has 0 radical (unpaired) electrons. The number of carbonyl (C=O) groups is 1. The molecule has 0 aromatic heterocycles. The number of carbonyl (C=O) groups excluding carboxylic acids is 1. The van der Waals surface area contributed by atoms with E-state index in [1.807, 2.05) is 13.8 Å². The third kappa shape index (κ3) is 1.97. The lowest BCUT2D eigenvalue weighted by Crippen LogP contribution is -2.67. The van der Waals surface area contributed by atoms with Crippen molar-refractivity contribution >= 4 is 5.91 Å². The van der Waals surface area contributed by atoms with Crippen LogP contribution in [-0.4, -0.2) is 31.2 Å². The smallest absolute Gasteiger partial charge is 0.224 e. The molecule has 0 bridgehead atoms. The monoisotopic (exact) mass is 240 g/mol. The van der Waals surface area contributed by atoms with Crippen molar-refractivity contribution in [3.63, 3.8) is 0 Å². The van der Waals surface area contributed by atoms with Crippen LogP contribution in [0.25, 0.3) is 0 Å². The zero-order valence-corrected chi connectivity index (χ0v) is 11.2. The van der Waals surface area contributed by atoms with Crippen LogP contribution in [0.5, 0.6) is 0 Å². The van der Waals surface area contributed by atoms with Crippen molar-refractivity contribution in [2.75, 3.05) is 13.2 Å². The highest BCUT2D eigenvalue weighted by atomic mass is 16.5. The van der Waals surface area contributed by atoms with Gasteiger partial charge < -0.3 is 15.8 Å². The maximum Gasteiger partial charge on any atom is 0.224 e. The predicted molar refractivity (Wildman–Crippen MR) is 66.4 cm³/mol. The van der Waals surface area contributed by atoms with Gasteiger partial charge in [0.2, 0.25) is 5.91 Å². The summed E-state index contributed by atoms with van der Waals surface area (Å²) in [5, 5.41) is 3.52. The van der Waals surface area contributed by atoms with Crippen molar-refractivity contribution in [2.45, 2.75) is 46.3 Å². The molecule has 1 saturated heterocycles. The Morgan fingerprint density at radius 1 is 1.53 bits per heavy atom. The van der Waals surface area contributed by atoms with Gasteiger partial charge in [-0.15, -0.1) is 0 Å². The number of hydrogen-bond acceptors (Lipinski definition) is 3. The molecule has 3 unspecified atom stereocenters. The van der Waals surface area contributed by atoms with Gasteiger partial charge in [0.25, 0.3) is 0 Å². The number of primary amides is 1. The van der Waals surface area contributed by atoms with Crippen LogP contribution in [0.3, 0.4) is 0 Å². The molecule has 4 heteroatoms. The lowest BCUT2D eigenvalue weighted by molar-refractivity contribution is -0.129. The Morgan fingerprint density at radius 3 is 2.76 bits per heavy atom. The van der Waals surface area contributed by atoms with Gasteiger partial charge in [-0.1, -0.05) is 13.8 Å². The van der Waals surface area contributed by atoms with Crippen LogP contribution in [0, 0.1) is 16.7 Å². The summed E-state index contributed by atoms with van der Waals surface area (Å²) in [4.78, 5) is 11.3. The van der Waals surface area contributed by atoms with Crippen molar-refractivity contribution in [2.24, 2.45) is 22.5 Å². The minimum Gasteiger partial charge on any atom is -0.377 e. The maximum atomic E-state index is 11.3. The normalized spacial score (nSPS) is 35.2. The third-order valence-corrected chi connectivity index (χ3v) is 4.53. The summed E-state index contributed by atoms with van der Waals surface area (Å²) in [5.74, 6) is 0.357. The number of rotatable bonds is 4. The minimum atomic E-state index is -0.485. The maximum absolute atomic E-state index is 11.3. The number of fused-ring (bicyclic) bond motifs is 1. The van der Waals surface area contributed by atoms with Crippen molar-refractivity contribution in [3.05, 3.63) is 0 Å². The molecule has 2 rings (SSSR count). The van der Waals surface area contributed by atoms with Gasteiger partial charge in [0.05, 0.1) is 11.5 Å². The first-order valence-corrected chi connectivity index (χ1v) is 6.42. The molecule has 3 N–H and O–H groups in total. The van der Waals surface area contributed by atoms with Crippen molar-refractivity contribution in [1.82, 2.24) is 5.32 Å². The number of nitrogens with two attached hydrogens (primary N) is 1. The zero-order valence-electron chi connectivity index (χ0n) is 11.2. The van der Waals surface area contributed by atoms with Crippen molar-refractivity contribution in [1.29, 1.82) is 0 Å². The topological polar surface area (TPSA) is 64.3 Å². The average Bonchev–Trinajstić information content (AvgIpc) is 2.63. The number of hydrogen-bond donors (Lipinski definition) is 2. The van der Waals surface area contributed by atoms with E-state index in [9.17, 15) is 4.79 Å². The predicted octanol–water partition coefficient (Wildman–Crippen LogP) is 0.901. The lowest BCUT2D eigenvalue weighted by Gasteiger charge is -2.55. The first-order valence-electron chi connectivity index (χ1n) is 6.42. The van der Waals surface area contributed by atoms with E-state index in [-0.39, 0.29) is 11.3 Å². The van der Waals surface area contributed by atoms with Gasteiger partial charge in [-0.05, 0) is 20.3 Å². The molecule has 4 nitrogen and oxygen atoms in total. The van der Waals surface area contributed by atoms with E-state index < -0.39 is 5.41 Å². The molecular weight excluding hydrogens is 216 g/mol. The van der Waals surface area contributed by atoms with E-state index in [0.29, 0.717) is 24.6 Å². The number of amides is 1. The van der Waals surface area contributed by atoms with Gasteiger partial charge in [0.1, 0.15) is 0 Å². The van der Waals surface area contributed by atoms with E-state index in [4.69, 9.17) is 10.5 Å². The molecule has 1 heterocycles. The number of nitrogens with one attached hydrogen (secondary N) is 1. The standard InChI is InChI=1S/C13H24N2O2/c1-12(2,11(14)16)7-15-9-8-5-6-17-10(8)13(9,3)4/h8-10,15H,5-7H2,1-4H3,(H2,14,16). The first-order chi connectivity index (χ1) is 7.77. The molecule has 1 amide bonds. The lowest BCUT2D eigenvalue weighted by atomic mass is 9.57. The fourth-order valence-corrected chi connectivity index (χ4v) is 3.19. The van der Waals surface area contributed by atoms with E-state index in [1.165, 1.54) is 0 Å². The molecule has 0 aromatic carbocycles. The van der Waals surface area contributed by atoms with Crippen LogP contribution in [0.1, 0.15) is 34.1 Å². The van der Waals surface area contributed by atoms with Gasteiger partial charge >= 0.3 is 0 Å². The summed E-state index contributed by atoms with van der Waals surface area (Å²) in [6.07, 6.45) is 1.51. The highest BCUT2D eigenvalue weighted by molar-refractivity contribution is 5.80. The van der Waals surface area contributed by atoms with Gasteiger partial charge in [-0.25, -0.2) is 0 Å². The van der Waals surface area contributed by atoms with Gasteiger partial charge in [0, 0.05) is 30.5 Å². The average molecular weight is 240 g/mol. The van der Waals surface area contributed by atoms with Crippen LogP contribution in [0.15, 0.2) is 0 Å². The molecule has 98 valence electrons. The Labute approximate surface area is 103 Å². The second-order valence-electron chi connectivity index (χ2n) is 6.67. The molecule has 17 heavy (non-hydrogen) atoms. The molecule has 2 aliphatic rings. The Morgan fingerprint density at radius 2 is 2.18 bits per heavy atom. The SMILES string of the molecule is CC(C)(CNC1C2CCOC2C1(C)C)C(N)=O. The molecule has 1 saturated carbocycles. The summed E-state index contributed by atoms with van der Waals surface area (Å²) in [7, 11) is 0. The summed E-state index contributed by atoms with van der Waals surface area (Å²) in [5.41, 5.74) is 5.06. The van der Waals surface area contributed by atoms with Crippen molar-refractivity contribution < 1.29 is 9.53 Å². The van der Waals surface area contributed by atoms with Crippen molar-refractivity contribution in [3.8, 4) is 0 Å². The zero-order chi connectivity index (χ0) is 12.8. The summed E-state index contributed by atoms with van der Waals surface area (Å²) in [6.45, 7) is 9.74. The number of ether oxygens (including phenoxy) is 1. The molecule has 0 spiro atoms. The molecule has 2 fully saturated rings. The largest absolute Gasteiger partial charge is 0.377 e. The van der Waals surface area contributed by atoms with Crippen LogP contribution in [-0.2, 0) is 9.53 Å². The summed E-state index contributed by atoms with van der Waals surface area (Å²) < 4.78 is 5.75. The Balaban J connectivity index is 1.94. The summed E-state index contributed by atoms with van der Waals surface area (Å²) in [6, 6.07) is 0.439.